The Morgan fingerprint density at radius 2 is 1.81 bits per heavy atom. The second-order valence-corrected chi connectivity index (χ2v) is 7.53. The van der Waals surface area contributed by atoms with Crippen molar-refractivity contribution in [1.29, 1.82) is 0 Å². The van der Waals surface area contributed by atoms with Crippen LogP contribution < -0.4 is 14.9 Å². The molecule has 0 atom stereocenters. The first-order valence-corrected chi connectivity index (χ1v) is 10.4. The number of aromatic amines is 1. The van der Waals surface area contributed by atoms with Crippen molar-refractivity contribution in [1.82, 2.24) is 14.9 Å². The van der Waals surface area contributed by atoms with E-state index in [9.17, 15) is 0 Å². The molecule has 1 aromatic heterocycles. The first-order valence-electron chi connectivity index (χ1n) is 9.96. The average Bonchev–Trinajstić information content (AvgIpc) is 3.17. The van der Waals surface area contributed by atoms with Gasteiger partial charge < -0.3 is 14.9 Å². The van der Waals surface area contributed by atoms with E-state index in [0.29, 0.717) is 23.7 Å². The van der Waals surface area contributed by atoms with Crippen LogP contribution in [0.25, 0.3) is 11.4 Å². The van der Waals surface area contributed by atoms with Crippen LogP contribution in [0.2, 0.25) is 0 Å². The third-order valence-corrected chi connectivity index (χ3v) is 5.16. The smallest absolute Gasteiger partial charge is 0.214 e. The summed E-state index contributed by atoms with van der Waals surface area (Å²) in [5, 5.41) is 7.22. The summed E-state index contributed by atoms with van der Waals surface area (Å²) in [7, 11) is 1.64. The minimum atomic E-state index is 0.479. The van der Waals surface area contributed by atoms with E-state index in [1.807, 2.05) is 48.5 Å². The molecule has 4 aromatic rings. The minimum Gasteiger partial charge on any atom is -0.496 e. The first-order chi connectivity index (χ1) is 15.1. The van der Waals surface area contributed by atoms with Crippen LogP contribution in [0, 0.1) is 11.7 Å². The highest BCUT2D eigenvalue weighted by Gasteiger charge is 2.13. The maximum Gasteiger partial charge on any atom is 0.214 e. The molecule has 158 valence electrons. The molecule has 7 heteroatoms. The highest BCUT2D eigenvalue weighted by Crippen LogP contribution is 2.27. The summed E-state index contributed by atoms with van der Waals surface area (Å²) in [5.74, 6) is 2.21. The molecule has 6 nitrogen and oxygen atoms in total. The Kier molecular flexibility index (Phi) is 6.33. The largest absolute Gasteiger partial charge is 0.496 e. The lowest BCUT2D eigenvalue weighted by Crippen LogP contribution is -2.16. The summed E-state index contributed by atoms with van der Waals surface area (Å²) in [6, 6.07) is 24.1. The fourth-order valence-corrected chi connectivity index (χ4v) is 3.42. The molecule has 0 aliphatic heterocycles. The van der Waals surface area contributed by atoms with E-state index in [1.165, 1.54) is 5.56 Å². The molecule has 0 fully saturated rings. The van der Waals surface area contributed by atoms with Crippen molar-refractivity contribution in [2.75, 3.05) is 12.5 Å². The van der Waals surface area contributed by atoms with Crippen molar-refractivity contribution >= 4 is 12.2 Å². The zero-order chi connectivity index (χ0) is 21.6. The van der Waals surface area contributed by atoms with Gasteiger partial charge in [0.2, 0.25) is 4.77 Å². The number of nitrogens with zero attached hydrogens (tertiary/aromatic N) is 2. The zero-order valence-corrected chi connectivity index (χ0v) is 18.3. The summed E-state index contributed by atoms with van der Waals surface area (Å²) >= 11 is 5.42. The minimum absolute atomic E-state index is 0.479. The number of benzene rings is 3. The maximum absolute atomic E-state index is 5.97. The number of aromatic nitrogens is 3. The van der Waals surface area contributed by atoms with Crippen molar-refractivity contribution in [2.45, 2.75) is 20.1 Å². The van der Waals surface area contributed by atoms with Crippen LogP contribution in [-0.4, -0.2) is 22.0 Å². The quantitative estimate of drug-likeness (QED) is 0.373. The van der Waals surface area contributed by atoms with Crippen LogP contribution in [0.4, 0.5) is 0 Å². The van der Waals surface area contributed by atoms with Gasteiger partial charge in [-0.15, -0.1) is 0 Å². The van der Waals surface area contributed by atoms with Crippen molar-refractivity contribution < 1.29 is 9.47 Å². The molecular weight excluding hydrogens is 408 g/mol. The molecule has 0 spiro atoms. The summed E-state index contributed by atoms with van der Waals surface area (Å²) in [4.78, 5) is 0. The van der Waals surface area contributed by atoms with E-state index in [-0.39, 0.29) is 0 Å². The van der Waals surface area contributed by atoms with Crippen LogP contribution in [0.1, 0.15) is 16.7 Å². The van der Waals surface area contributed by atoms with Crippen molar-refractivity contribution in [2.24, 2.45) is 0 Å². The molecule has 1 heterocycles. The van der Waals surface area contributed by atoms with Crippen LogP contribution >= 0.6 is 12.2 Å². The molecule has 0 unspecified atom stereocenters. The molecule has 0 amide bonds. The molecule has 0 aliphatic carbocycles. The SMILES string of the molecule is COc1ccccc1-c1n[nH]c(=S)n1NCc1cccc(OCc2ccc(C)cc2)c1. The molecule has 0 aliphatic rings. The van der Waals surface area contributed by atoms with Gasteiger partial charge in [0.1, 0.15) is 18.1 Å². The standard InChI is InChI=1S/C24H24N4O2S/c1-17-10-12-18(13-11-17)16-30-20-7-5-6-19(14-20)15-25-28-23(26-27-24(28)31)21-8-3-4-9-22(21)29-2/h3-14,25H,15-16H2,1-2H3,(H,27,31). The Bertz CT molecular complexity index is 1210. The van der Waals surface area contributed by atoms with E-state index in [4.69, 9.17) is 21.7 Å². The molecule has 31 heavy (non-hydrogen) atoms. The average molecular weight is 433 g/mol. The van der Waals surface area contributed by atoms with Gasteiger partial charge in [-0.25, -0.2) is 9.77 Å². The van der Waals surface area contributed by atoms with Gasteiger partial charge in [-0.3, -0.25) is 0 Å². The van der Waals surface area contributed by atoms with E-state index in [0.717, 1.165) is 28.2 Å². The lowest BCUT2D eigenvalue weighted by molar-refractivity contribution is 0.306. The van der Waals surface area contributed by atoms with Crippen molar-refractivity contribution in [3.63, 3.8) is 0 Å². The number of para-hydroxylation sites is 1. The number of nitrogens with one attached hydrogen (secondary N) is 2. The monoisotopic (exact) mass is 432 g/mol. The number of hydrogen-bond donors (Lipinski definition) is 2. The predicted octanol–water partition coefficient (Wildman–Crippen LogP) is 5.25. The Balaban J connectivity index is 1.47. The first kappa shape index (κ1) is 20.7. The topological polar surface area (TPSA) is 64.1 Å². The molecular formula is C24H24N4O2S. The van der Waals surface area contributed by atoms with Gasteiger partial charge in [0.15, 0.2) is 5.82 Å². The van der Waals surface area contributed by atoms with E-state index in [1.54, 1.807) is 11.8 Å². The molecule has 2 N–H and O–H groups in total. The van der Waals surface area contributed by atoms with Crippen LogP contribution in [-0.2, 0) is 13.2 Å². The van der Waals surface area contributed by atoms with Gasteiger partial charge in [-0.2, -0.15) is 5.10 Å². The Morgan fingerprint density at radius 1 is 1.00 bits per heavy atom. The summed E-state index contributed by atoms with van der Waals surface area (Å²) in [6.45, 7) is 3.16. The summed E-state index contributed by atoms with van der Waals surface area (Å²) in [6.07, 6.45) is 0. The second kappa shape index (κ2) is 9.49. The molecule has 0 radical (unpaired) electrons. The van der Waals surface area contributed by atoms with Gasteiger partial charge in [-0.1, -0.05) is 54.1 Å². The number of methoxy groups -OCH3 is 1. The van der Waals surface area contributed by atoms with E-state index in [2.05, 4.69) is 46.8 Å². The predicted molar refractivity (Wildman–Crippen MR) is 124 cm³/mol. The van der Waals surface area contributed by atoms with Crippen LogP contribution in [0.15, 0.2) is 72.8 Å². The highest BCUT2D eigenvalue weighted by atomic mass is 32.1. The van der Waals surface area contributed by atoms with Crippen molar-refractivity contribution in [3.05, 3.63) is 94.3 Å². The van der Waals surface area contributed by atoms with Crippen molar-refractivity contribution in [3.8, 4) is 22.9 Å². The van der Waals surface area contributed by atoms with Gasteiger partial charge >= 0.3 is 0 Å². The van der Waals surface area contributed by atoms with E-state index < -0.39 is 0 Å². The number of ether oxygens (including phenoxy) is 2. The lowest BCUT2D eigenvalue weighted by atomic mass is 10.2. The number of aryl methyl sites for hydroxylation is 1. The molecule has 0 bridgehead atoms. The number of rotatable bonds is 8. The molecule has 0 saturated carbocycles. The third kappa shape index (κ3) is 4.95. The fraction of sp³-hybridized carbons (Fsp3) is 0.167. The Hall–Kier alpha value is -3.58. The molecule has 3 aromatic carbocycles. The fourth-order valence-electron chi connectivity index (χ4n) is 3.22. The summed E-state index contributed by atoms with van der Waals surface area (Å²) in [5.41, 5.74) is 7.63. The molecule has 0 saturated heterocycles. The maximum atomic E-state index is 5.97. The Labute approximate surface area is 186 Å². The second-order valence-electron chi connectivity index (χ2n) is 7.14. The zero-order valence-electron chi connectivity index (χ0n) is 17.5. The van der Waals surface area contributed by atoms with E-state index >= 15 is 0 Å². The summed E-state index contributed by atoms with van der Waals surface area (Å²) < 4.78 is 13.7. The number of hydrogen-bond acceptors (Lipinski definition) is 5. The van der Waals surface area contributed by atoms with Gasteiger partial charge in [-0.05, 0) is 54.5 Å². The van der Waals surface area contributed by atoms with Gasteiger partial charge in [0, 0.05) is 0 Å². The third-order valence-electron chi connectivity index (χ3n) is 4.89. The van der Waals surface area contributed by atoms with Crippen LogP contribution in [0.3, 0.4) is 0 Å². The highest BCUT2D eigenvalue weighted by molar-refractivity contribution is 7.71. The van der Waals surface area contributed by atoms with Gasteiger partial charge in [0.25, 0.3) is 0 Å². The molecule has 4 rings (SSSR count). The van der Waals surface area contributed by atoms with Gasteiger partial charge in [0.05, 0.1) is 19.2 Å². The van der Waals surface area contributed by atoms with Crippen LogP contribution in [0.5, 0.6) is 11.5 Å². The normalized spacial score (nSPS) is 10.6. The lowest BCUT2D eigenvalue weighted by Gasteiger charge is -2.13. The number of H-pyrrole nitrogens is 1. The Morgan fingerprint density at radius 3 is 2.61 bits per heavy atom.